The van der Waals surface area contributed by atoms with Gasteiger partial charge in [0.05, 0.1) is 27.0 Å². The first-order valence-electron chi connectivity index (χ1n) is 9.77. The minimum absolute atomic E-state index is 0.0738. The van der Waals surface area contributed by atoms with Gasteiger partial charge in [-0.05, 0) is 42.0 Å². The number of imide groups is 1. The number of non-ortho nitro benzene ring substituents is 1. The van der Waals surface area contributed by atoms with Gasteiger partial charge in [-0.15, -0.1) is 0 Å². The molecule has 0 saturated carbocycles. The molecule has 2 aliphatic heterocycles. The van der Waals surface area contributed by atoms with Crippen molar-refractivity contribution in [2.45, 2.75) is 6.04 Å². The summed E-state index contributed by atoms with van der Waals surface area (Å²) in [5, 5.41) is 17.5. The Kier molecular flexibility index (Phi) is 4.71. The standard InChI is InChI=1S/C23H15ClN4O4/c24-17-8-4-5-9-18(17)26-22(29)19-20(14-10-12-16(13-11-14)28(31)32)25-27(21(19)23(26)30)15-6-2-1-3-7-15/h1-13,19,21H/t19-,21+/m0/s1. The number of nitro groups is 1. The van der Waals surface area contributed by atoms with E-state index >= 15 is 0 Å². The number of carbonyl (C=O) groups is 2. The Morgan fingerprint density at radius 2 is 1.53 bits per heavy atom. The Labute approximate surface area is 187 Å². The molecule has 0 spiro atoms. The Bertz CT molecular complexity index is 1280. The zero-order valence-corrected chi connectivity index (χ0v) is 17.2. The molecule has 158 valence electrons. The van der Waals surface area contributed by atoms with Crippen LogP contribution >= 0.6 is 11.6 Å². The molecule has 8 nitrogen and oxygen atoms in total. The molecule has 32 heavy (non-hydrogen) atoms. The summed E-state index contributed by atoms with van der Waals surface area (Å²) in [5.74, 6) is -1.75. The normalized spacial score (nSPS) is 19.8. The van der Waals surface area contributed by atoms with Crippen molar-refractivity contribution >= 4 is 46.2 Å². The van der Waals surface area contributed by atoms with Crippen LogP contribution in [-0.4, -0.2) is 28.5 Å². The van der Waals surface area contributed by atoms with Crippen molar-refractivity contribution in [1.29, 1.82) is 0 Å². The van der Waals surface area contributed by atoms with E-state index in [9.17, 15) is 19.7 Å². The summed E-state index contributed by atoms with van der Waals surface area (Å²) in [5.41, 5.74) is 1.80. The van der Waals surface area contributed by atoms with Crippen LogP contribution < -0.4 is 9.91 Å². The Hall–Kier alpha value is -4.04. The number of hydrogen-bond acceptors (Lipinski definition) is 6. The molecule has 1 fully saturated rings. The predicted octanol–water partition coefficient (Wildman–Crippen LogP) is 4.03. The summed E-state index contributed by atoms with van der Waals surface area (Å²) >= 11 is 6.29. The van der Waals surface area contributed by atoms with E-state index < -0.39 is 28.7 Å². The predicted molar refractivity (Wildman–Crippen MR) is 120 cm³/mol. The molecular weight excluding hydrogens is 432 g/mol. The van der Waals surface area contributed by atoms with E-state index in [1.807, 2.05) is 18.2 Å². The van der Waals surface area contributed by atoms with E-state index in [2.05, 4.69) is 5.10 Å². The highest BCUT2D eigenvalue weighted by Crippen LogP contribution is 2.40. The second-order valence-corrected chi connectivity index (χ2v) is 7.76. The monoisotopic (exact) mass is 446 g/mol. The van der Waals surface area contributed by atoms with Crippen LogP contribution in [0, 0.1) is 16.0 Å². The average molecular weight is 447 g/mol. The summed E-state index contributed by atoms with van der Waals surface area (Å²) in [7, 11) is 0. The number of para-hydroxylation sites is 2. The van der Waals surface area contributed by atoms with Gasteiger partial charge < -0.3 is 0 Å². The highest BCUT2D eigenvalue weighted by Gasteiger charge is 2.57. The van der Waals surface area contributed by atoms with Crippen molar-refractivity contribution in [1.82, 2.24) is 0 Å². The zero-order valence-electron chi connectivity index (χ0n) is 16.5. The lowest BCUT2D eigenvalue weighted by Gasteiger charge is -2.22. The van der Waals surface area contributed by atoms with Crippen molar-refractivity contribution in [3.63, 3.8) is 0 Å². The van der Waals surface area contributed by atoms with Crippen LogP contribution in [0.3, 0.4) is 0 Å². The molecule has 0 radical (unpaired) electrons. The van der Waals surface area contributed by atoms with Crippen LogP contribution in [0.4, 0.5) is 17.1 Å². The first-order chi connectivity index (χ1) is 15.5. The topological polar surface area (TPSA) is 96.1 Å². The van der Waals surface area contributed by atoms with E-state index in [1.54, 1.807) is 53.5 Å². The number of benzene rings is 3. The Morgan fingerprint density at radius 3 is 2.19 bits per heavy atom. The van der Waals surface area contributed by atoms with Gasteiger partial charge in [0.1, 0.15) is 12.0 Å². The smallest absolute Gasteiger partial charge is 0.269 e. The van der Waals surface area contributed by atoms with Crippen LogP contribution in [0.2, 0.25) is 5.02 Å². The maximum atomic E-state index is 13.5. The fraction of sp³-hybridized carbons (Fsp3) is 0.0870. The summed E-state index contributed by atoms with van der Waals surface area (Å²) in [6.07, 6.45) is 0. The molecule has 3 aromatic rings. The molecule has 2 amide bonds. The van der Waals surface area contributed by atoms with Crippen LogP contribution in [0.25, 0.3) is 0 Å². The molecule has 0 aromatic heterocycles. The second kappa shape index (κ2) is 7.58. The van der Waals surface area contributed by atoms with Gasteiger partial charge in [-0.3, -0.25) is 24.7 Å². The molecule has 9 heteroatoms. The molecule has 1 saturated heterocycles. The summed E-state index contributed by atoms with van der Waals surface area (Å²) in [6.45, 7) is 0. The Balaban J connectivity index is 1.63. The fourth-order valence-electron chi connectivity index (χ4n) is 4.07. The van der Waals surface area contributed by atoms with E-state index in [0.717, 1.165) is 4.90 Å². The van der Waals surface area contributed by atoms with Crippen molar-refractivity contribution in [2.75, 3.05) is 9.91 Å². The van der Waals surface area contributed by atoms with Crippen molar-refractivity contribution in [2.24, 2.45) is 11.0 Å². The van der Waals surface area contributed by atoms with Crippen LogP contribution in [0.1, 0.15) is 5.56 Å². The molecule has 0 aliphatic carbocycles. The lowest BCUT2D eigenvalue weighted by atomic mass is 9.92. The number of rotatable bonds is 4. The third kappa shape index (κ3) is 3.04. The van der Waals surface area contributed by atoms with Gasteiger partial charge >= 0.3 is 0 Å². The number of halogens is 1. The molecule has 3 aromatic carbocycles. The molecular formula is C23H15ClN4O4. The molecule has 5 rings (SSSR count). The van der Waals surface area contributed by atoms with Gasteiger partial charge in [0.25, 0.3) is 11.6 Å². The van der Waals surface area contributed by atoms with Crippen LogP contribution in [-0.2, 0) is 9.59 Å². The summed E-state index contributed by atoms with van der Waals surface area (Å²) in [6, 6.07) is 20.6. The lowest BCUT2D eigenvalue weighted by molar-refractivity contribution is -0.384. The number of nitro benzene ring substituents is 1. The van der Waals surface area contributed by atoms with Gasteiger partial charge in [-0.25, -0.2) is 4.90 Å². The molecule has 0 unspecified atom stereocenters. The van der Waals surface area contributed by atoms with Crippen molar-refractivity contribution in [3.05, 3.63) is 99.6 Å². The maximum Gasteiger partial charge on any atom is 0.269 e. The number of hydrazone groups is 1. The van der Waals surface area contributed by atoms with E-state index in [4.69, 9.17) is 11.6 Å². The van der Waals surface area contributed by atoms with Gasteiger partial charge in [0.2, 0.25) is 5.91 Å². The number of carbonyl (C=O) groups excluding carboxylic acids is 2. The summed E-state index contributed by atoms with van der Waals surface area (Å²) < 4.78 is 0. The Morgan fingerprint density at radius 1 is 0.875 bits per heavy atom. The van der Waals surface area contributed by atoms with E-state index in [1.165, 1.54) is 12.1 Å². The van der Waals surface area contributed by atoms with Crippen LogP contribution in [0.5, 0.6) is 0 Å². The number of anilines is 2. The summed E-state index contributed by atoms with van der Waals surface area (Å²) in [4.78, 5) is 38.6. The minimum Gasteiger partial charge on any atom is -0.273 e. The number of nitrogens with zero attached hydrogens (tertiary/aromatic N) is 4. The average Bonchev–Trinajstić information content (AvgIpc) is 3.32. The molecule has 0 bridgehead atoms. The fourth-order valence-corrected chi connectivity index (χ4v) is 4.29. The molecule has 2 heterocycles. The number of fused-ring (bicyclic) bond motifs is 1. The zero-order chi connectivity index (χ0) is 22.4. The van der Waals surface area contributed by atoms with E-state index in [0.29, 0.717) is 22.6 Å². The molecule has 2 atom stereocenters. The first kappa shape index (κ1) is 19.9. The van der Waals surface area contributed by atoms with E-state index in [-0.39, 0.29) is 10.7 Å². The molecule has 2 aliphatic rings. The maximum absolute atomic E-state index is 13.5. The van der Waals surface area contributed by atoms with Crippen molar-refractivity contribution < 1.29 is 14.5 Å². The third-order valence-corrected chi connectivity index (χ3v) is 5.86. The van der Waals surface area contributed by atoms with Gasteiger partial charge in [-0.2, -0.15) is 5.10 Å². The van der Waals surface area contributed by atoms with Gasteiger partial charge in [0, 0.05) is 12.1 Å². The molecule has 0 N–H and O–H groups in total. The van der Waals surface area contributed by atoms with Crippen LogP contribution in [0.15, 0.2) is 84.0 Å². The highest BCUT2D eigenvalue weighted by atomic mass is 35.5. The first-order valence-corrected chi connectivity index (χ1v) is 10.1. The second-order valence-electron chi connectivity index (χ2n) is 7.36. The number of hydrogen-bond donors (Lipinski definition) is 0. The third-order valence-electron chi connectivity index (χ3n) is 5.54. The lowest BCUT2D eigenvalue weighted by Crippen LogP contribution is -2.39. The highest BCUT2D eigenvalue weighted by molar-refractivity contribution is 6.39. The SMILES string of the molecule is O=C1[C@H]2C(c3ccc([N+](=O)[O-])cc3)=NN(c3ccccc3)[C@H]2C(=O)N1c1ccccc1Cl. The van der Waals surface area contributed by atoms with Crippen molar-refractivity contribution in [3.8, 4) is 0 Å². The largest absolute Gasteiger partial charge is 0.273 e. The minimum atomic E-state index is -0.883. The van der Waals surface area contributed by atoms with Gasteiger partial charge in [0.15, 0.2) is 0 Å². The quantitative estimate of drug-likeness (QED) is 0.342. The van der Waals surface area contributed by atoms with Gasteiger partial charge in [-0.1, -0.05) is 41.9 Å². The number of amides is 2.